The van der Waals surface area contributed by atoms with Gasteiger partial charge in [-0.1, -0.05) is 204 Å². The van der Waals surface area contributed by atoms with Crippen molar-refractivity contribution in [2.24, 2.45) is 14.1 Å². The molecule has 2 aliphatic rings. The van der Waals surface area contributed by atoms with Gasteiger partial charge in [-0.05, 0) is 194 Å². The largest absolute Gasteiger partial charge is 0.498 e. The lowest BCUT2D eigenvalue weighted by Crippen LogP contribution is -2.41. The third-order valence-corrected chi connectivity index (χ3v) is 24.1. The van der Waals surface area contributed by atoms with Gasteiger partial charge in [-0.15, -0.1) is 0 Å². The van der Waals surface area contributed by atoms with Gasteiger partial charge in [0.15, 0.2) is 0 Å². The van der Waals surface area contributed by atoms with Crippen molar-refractivity contribution < 1.29 is 47.0 Å². The van der Waals surface area contributed by atoms with Crippen LogP contribution in [0.4, 0.5) is 0 Å². The van der Waals surface area contributed by atoms with E-state index in [0.29, 0.717) is 11.5 Å². The Morgan fingerprint density at radius 2 is 0.649 bits per heavy atom. The van der Waals surface area contributed by atoms with Crippen LogP contribution < -0.4 is 39.3 Å². The first-order chi connectivity index (χ1) is 53.9. The number of aryl methyl sites for hydroxylation is 2. The molecule has 2 aliphatic heterocycles. The molecule has 18 heteroatoms. The molecule has 0 amide bonds. The third-order valence-electron chi connectivity index (χ3n) is 23.1. The number of fused-ring (bicyclic) bond motifs is 14. The molecule has 2 fully saturated rings. The minimum Gasteiger partial charge on any atom is -0.497 e. The van der Waals surface area contributed by atoms with Crippen molar-refractivity contribution >= 4 is 144 Å². The Hall–Kier alpha value is -10.7. The summed E-state index contributed by atoms with van der Waals surface area (Å²) in [7, 11) is 13.2. The molecule has 0 spiro atoms. The quantitative estimate of drug-likeness (QED) is 0.0805. The second-order valence-corrected chi connectivity index (χ2v) is 32.3. The van der Waals surface area contributed by atoms with Crippen LogP contribution in [-0.4, -0.2) is 98.4 Å². The smallest absolute Gasteiger partial charge is 0.497 e. The van der Waals surface area contributed by atoms with Gasteiger partial charge in [-0.25, -0.2) is 9.97 Å². The minimum atomic E-state index is -0.554. The van der Waals surface area contributed by atoms with E-state index in [2.05, 4.69) is 243 Å². The first kappa shape index (κ1) is 79.9. The number of imidazole rings is 2. The third kappa shape index (κ3) is 13.8. The molecule has 16 aromatic rings. The van der Waals surface area contributed by atoms with E-state index in [1.165, 1.54) is 21.7 Å². The van der Waals surface area contributed by atoms with Crippen molar-refractivity contribution in [3.63, 3.8) is 0 Å². The van der Waals surface area contributed by atoms with E-state index in [9.17, 15) is 0 Å². The summed E-state index contributed by atoms with van der Waals surface area (Å²) in [6.07, 6.45) is 0. The molecule has 0 radical (unpaired) electrons. The minimum absolute atomic E-state index is 0. The summed E-state index contributed by atoms with van der Waals surface area (Å²) in [5.74, 6) is 6.18. The Kier molecular flexibility index (Phi) is 21.9. The summed E-state index contributed by atoms with van der Waals surface area (Å²) in [5.41, 5.74) is 12.2. The summed E-state index contributed by atoms with van der Waals surface area (Å²) >= 11 is 7.33. The number of hydrogen-bond donors (Lipinski definition) is 0. The number of halogens is 2. The molecule has 18 rings (SSSR count). The van der Waals surface area contributed by atoms with E-state index >= 15 is 0 Å². The number of methoxy groups -OCH3 is 6. The van der Waals surface area contributed by atoms with Gasteiger partial charge in [-0.3, -0.25) is 0 Å². The fourth-order valence-corrected chi connectivity index (χ4v) is 16.5. The van der Waals surface area contributed by atoms with Gasteiger partial charge in [0.1, 0.15) is 46.1 Å². The number of rotatable bonds is 13. The summed E-state index contributed by atoms with van der Waals surface area (Å²) in [6, 6.07) is 80.1. The van der Waals surface area contributed by atoms with Gasteiger partial charge in [0.25, 0.3) is 0 Å². The van der Waals surface area contributed by atoms with E-state index < -0.39 is 36.6 Å². The molecule has 0 saturated carbocycles. The van der Waals surface area contributed by atoms with Crippen LogP contribution in [0.25, 0.3) is 143 Å². The lowest BCUT2D eigenvalue weighted by Gasteiger charge is -2.32. The molecular weight excluding hydrogens is 1550 g/mol. The molecule has 4 heterocycles. The summed E-state index contributed by atoms with van der Waals surface area (Å²) in [4.78, 5) is 10.7. The zero-order valence-electron chi connectivity index (χ0n) is 65.7. The van der Waals surface area contributed by atoms with Gasteiger partial charge in [-0.2, -0.15) is 0 Å². The molecule has 2 aromatic heterocycles. The number of aromatic nitrogens is 4. The summed E-state index contributed by atoms with van der Waals surface area (Å²) in [6.45, 7) is 16.2. The van der Waals surface area contributed by atoms with E-state index in [1.807, 2.05) is 97.9 Å². The number of benzene rings is 14. The predicted molar refractivity (Wildman–Crippen MR) is 480 cm³/mol. The average molecular weight is 1650 g/mol. The maximum Gasteiger partial charge on any atom is 0.498 e. The van der Waals surface area contributed by atoms with E-state index in [-0.39, 0.29) is 14.9 Å². The van der Waals surface area contributed by atoms with Crippen LogP contribution in [0.3, 0.4) is 0 Å². The van der Waals surface area contributed by atoms with E-state index in [0.717, 1.165) is 164 Å². The molecular formula is C96H94B2Br2N4O10. The Balaban J connectivity index is 0.000000150. The highest BCUT2D eigenvalue weighted by Gasteiger charge is 2.55. The van der Waals surface area contributed by atoms with Crippen LogP contribution in [0.2, 0.25) is 0 Å². The molecule has 0 aliphatic carbocycles. The van der Waals surface area contributed by atoms with E-state index in [4.69, 9.17) is 57.0 Å². The molecule has 0 unspecified atom stereocenters. The van der Waals surface area contributed by atoms with Crippen molar-refractivity contribution in [2.75, 3.05) is 42.7 Å². The summed E-state index contributed by atoms with van der Waals surface area (Å²) in [5, 5.41) is 13.7. The standard InChI is InChI=1S/C47H36N2O3.C27H18Br2N2O.C20H32B2O6.2CH4/c1-49-46-40-26-33(38-28-42(51-3)37(27-43(38)52-4)30-15-9-6-10-16-30)20-23-36(40)35-22-19-32(29-13-7-5-8-14-29)25-39(35)45(46)48-47(49)44-34-18-12-11-17-31(34)21-24-41(44)50-2;1-31-26-22-14-17(29)9-11-20(22)19-10-8-16(28)13-21(19)25(26)30-27(31)24-18-6-4-3-5-15(18)7-12-23(24)32-2;1-17(2)18(3,4)26-21(25-17)13-11-16(24-10)14(12-15(13)23-9)22-27-19(5,6)20(7,8)28-22;;/h5-28H,1-4H3;3-14H,1-2H3;11-12H,1-10H3;2*1H4. The second-order valence-electron chi connectivity index (χ2n) is 30.5. The Bertz CT molecular complexity index is 6310. The van der Waals surface area contributed by atoms with Crippen molar-refractivity contribution in [1.82, 2.24) is 19.1 Å². The first-order valence-corrected chi connectivity index (χ1v) is 39.0. The van der Waals surface area contributed by atoms with Crippen LogP contribution >= 0.6 is 31.9 Å². The SMILES string of the molecule is C.C.COc1cc(-c2ccc3c4ccc(-c5ccccc5)cc4c4nc(-c5c(OC)ccc6ccccc56)n(C)c4c3c2)c(OC)cc1-c1ccccc1.COc1cc(B2OC(C)(C)C(C)(C)O2)c(OC)cc1B1OC(C)(C)C(C)(C)O1.COc1ccc2ccccc2c1-c1nc2c3cc(Br)ccc3c3ccc(Br)cc3c2n1C. The van der Waals surface area contributed by atoms with Crippen LogP contribution in [0.5, 0.6) is 34.5 Å². The zero-order chi connectivity index (χ0) is 78.4. The van der Waals surface area contributed by atoms with Crippen molar-refractivity contribution in [3.05, 3.63) is 239 Å². The molecule has 14 aromatic carbocycles. The van der Waals surface area contributed by atoms with Crippen molar-refractivity contribution in [3.8, 4) is 90.7 Å². The maximum absolute atomic E-state index is 6.20. The van der Waals surface area contributed by atoms with Crippen LogP contribution in [0, 0.1) is 0 Å². The van der Waals surface area contributed by atoms with Crippen LogP contribution in [-0.2, 0) is 32.7 Å². The van der Waals surface area contributed by atoms with Crippen LogP contribution in [0.15, 0.2) is 239 Å². The van der Waals surface area contributed by atoms with Crippen molar-refractivity contribution in [2.45, 2.75) is 92.6 Å². The topological polar surface area (TPSA) is 128 Å². The molecule has 0 bridgehead atoms. The maximum atomic E-state index is 6.20. The lowest BCUT2D eigenvalue weighted by molar-refractivity contribution is 0.00578. The highest BCUT2D eigenvalue weighted by Crippen LogP contribution is 2.49. The normalized spacial score (nSPS) is 14.5. The zero-order valence-corrected chi connectivity index (χ0v) is 68.9. The Morgan fingerprint density at radius 1 is 0.307 bits per heavy atom. The molecule has 2 saturated heterocycles. The van der Waals surface area contributed by atoms with Gasteiger partial charge >= 0.3 is 14.2 Å². The van der Waals surface area contributed by atoms with Gasteiger partial charge in [0.05, 0.1) is 98.3 Å². The van der Waals surface area contributed by atoms with Gasteiger partial charge in [0.2, 0.25) is 0 Å². The molecule has 0 atom stereocenters. The van der Waals surface area contributed by atoms with Crippen LogP contribution in [0.1, 0.15) is 70.2 Å². The first-order valence-electron chi connectivity index (χ1n) is 37.4. The Morgan fingerprint density at radius 3 is 1.08 bits per heavy atom. The lowest BCUT2D eigenvalue weighted by atomic mass is 9.72. The highest BCUT2D eigenvalue weighted by atomic mass is 79.9. The summed E-state index contributed by atoms with van der Waals surface area (Å²) < 4.78 is 66.5. The monoisotopic (exact) mass is 1640 g/mol. The second kappa shape index (κ2) is 31.2. The fourth-order valence-electron chi connectivity index (χ4n) is 15.8. The fraction of sp³-hybridized carbons (Fsp3) is 0.229. The van der Waals surface area contributed by atoms with Crippen molar-refractivity contribution in [1.29, 1.82) is 0 Å². The number of hydrogen-bond acceptors (Lipinski definition) is 12. The number of nitrogens with zero attached hydrogens (tertiary/aromatic N) is 4. The molecule has 114 heavy (non-hydrogen) atoms. The average Bonchev–Trinajstić information content (AvgIpc) is 1.53. The molecule has 0 N–H and O–H groups in total. The predicted octanol–water partition coefficient (Wildman–Crippen LogP) is 23.5. The number of ether oxygens (including phenoxy) is 6. The van der Waals surface area contributed by atoms with E-state index in [1.54, 1.807) is 42.7 Å². The molecule has 578 valence electrons. The Labute approximate surface area is 684 Å². The molecule has 14 nitrogen and oxygen atoms in total. The highest BCUT2D eigenvalue weighted by molar-refractivity contribution is 9.10. The van der Waals surface area contributed by atoms with Gasteiger partial charge in [0, 0.05) is 66.6 Å². The van der Waals surface area contributed by atoms with Gasteiger partial charge < -0.3 is 56.2 Å².